The van der Waals surface area contributed by atoms with Crippen molar-refractivity contribution < 1.29 is 26.5 Å². The van der Waals surface area contributed by atoms with Crippen molar-refractivity contribution in [1.82, 2.24) is 0 Å². The van der Waals surface area contributed by atoms with Gasteiger partial charge >= 0.3 is 5.97 Å². The van der Waals surface area contributed by atoms with Crippen molar-refractivity contribution in [1.29, 1.82) is 0 Å². The Morgan fingerprint density at radius 2 is 1.46 bits per heavy atom. The number of carbonyl (C=O) groups excluding carboxylic acids is 1. The molecule has 0 saturated heterocycles. The van der Waals surface area contributed by atoms with Crippen LogP contribution in [0.1, 0.15) is 20.3 Å². The highest BCUT2D eigenvalue weighted by Gasteiger charge is 2.37. The van der Waals surface area contributed by atoms with Crippen molar-refractivity contribution >= 4 is 23.8 Å². The quantitative estimate of drug-likeness (QED) is 0.474. The Morgan fingerprint density at radius 1 is 1.00 bits per heavy atom. The third kappa shape index (κ3) is 6.19. The van der Waals surface area contributed by atoms with Gasteiger partial charge in [0.1, 0.15) is 18.8 Å². The van der Waals surface area contributed by atoms with Crippen molar-refractivity contribution in [3.8, 4) is 0 Å². The molecule has 0 aliphatic heterocycles. The minimum atomic E-state index is -1.61. The summed E-state index contributed by atoms with van der Waals surface area (Å²) in [6.07, 6.45) is 1.48. The first-order chi connectivity index (χ1) is 11.9. The van der Waals surface area contributed by atoms with Crippen molar-refractivity contribution in [2.45, 2.75) is 26.3 Å². The number of esters is 1. The van der Waals surface area contributed by atoms with E-state index < -0.39 is 13.3 Å². The van der Waals surface area contributed by atoms with Crippen LogP contribution < -0.4 is 33.3 Å². The van der Waals surface area contributed by atoms with Crippen LogP contribution in [0.3, 0.4) is 0 Å². The average molecular weight is 438 g/mol. The monoisotopic (exact) mass is 437 g/mol. The van der Waals surface area contributed by atoms with Crippen LogP contribution in [0.5, 0.6) is 0 Å². The van der Waals surface area contributed by atoms with E-state index in [4.69, 9.17) is 10.5 Å². The first-order valence-electron chi connectivity index (χ1n) is 8.82. The number of carbonyl (C=O) groups is 1. The zero-order valence-corrected chi connectivity index (χ0v) is 18.2. The van der Waals surface area contributed by atoms with Gasteiger partial charge in [-0.3, -0.25) is 4.79 Å². The Bertz CT molecular complexity index is 625. The summed E-state index contributed by atoms with van der Waals surface area (Å²) >= 11 is 0. The van der Waals surface area contributed by atoms with Gasteiger partial charge in [0.15, 0.2) is 0 Å². The summed E-state index contributed by atoms with van der Waals surface area (Å²) in [7, 11) is -1.61. The van der Waals surface area contributed by atoms with Gasteiger partial charge in [0.2, 0.25) is 0 Å². The number of nitrogens with two attached hydrogens (primary N) is 1. The van der Waals surface area contributed by atoms with Crippen molar-refractivity contribution in [3.05, 3.63) is 60.7 Å². The van der Waals surface area contributed by atoms with Crippen molar-refractivity contribution in [2.75, 3.05) is 19.4 Å². The van der Waals surface area contributed by atoms with E-state index in [-0.39, 0.29) is 23.0 Å². The fourth-order valence-corrected chi connectivity index (χ4v) is 5.89. The van der Waals surface area contributed by atoms with Gasteiger partial charge < -0.3 is 27.5 Å². The third-order valence-electron chi connectivity index (χ3n) is 4.46. The van der Waals surface area contributed by atoms with Gasteiger partial charge in [-0.1, -0.05) is 50.2 Å². The lowest BCUT2D eigenvalue weighted by atomic mass is 10.1. The summed E-state index contributed by atoms with van der Waals surface area (Å²) in [5.74, 6) is 0.0929. The number of ether oxygens (including phenoxy) is 1. The summed E-state index contributed by atoms with van der Waals surface area (Å²) in [5, 5.41) is 2.65. The van der Waals surface area contributed by atoms with Crippen LogP contribution in [-0.4, -0.2) is 31.4 Å². The second-order valence-corrected chi connectivity index (χ2v) is 10.9. The van der Waals surface area contributed by atoms with Gasteiger partial charge in [-0.05, 0) is 36.6 Å². The van der Waals surface area contributed by atoms with E-state index in [0.717, 1.165) is 6.16 Å². The second-order valence-electron chi connectivity index (χ2n) is 6.99. The average Bonchev–Trinajstić information content (AvgIpc) is 2.62. The molecule has 2 aromatic rings. The van der Waals surface area contributed by atoms with E-state index >= 15 is 0 Å². The van der Waals surface area contributed by atoms with Gasteiger partial charge in [0, 0.05) is 0 Å². The number of benzene rings is 2. The van der Waals surface area contributed by atoms with Crippen LogP contribution in [-0.2, 0) is 9.53 Å². The summed E-state index contributed by atoms with van der Waals surface area (Å²) < 4.78 is 5.51. The molecule has 0 saturated carbocycles. The Balaban J connectivity index is 0.00000338. The van der Waals surface area contributed by atoms with Gasteiger partial charge in [-0.2, -0.15) is 0 Å². The molecule has 0 fully saturated rings. The predicted molar refractivity (Wildman–Crippen MR) is 108 cm³/mol. The van der Waals surface area contributed by atoms with Crippen LogP contribution in [0.25, 0.3) is 0 Å². The lowest BCUT2D eigenvalue weighted by molar-refractivity contribution is -0.144. The minimum Gasteiger partial charge on any atom is -1.00 e. The van der Waals surface area contributed by atoms with Crippen LogP contribution in [0.15, 0.2) is 60.7 Å². The first-order valence-corrected chi connectivity index (χ1v) is 11.2. The zero-order valence-electron chi connectivity index (χ0n) is 15.8. The van der Waals surface area contributed by atoms with Crippen LogP contribution >= 0.6 is 7.26 Å². The molecule has 142 valence electrons. The maximum Gasteiger partial charge on any atom is 0.323 e. The fourth-order valence-electron chi connectivity index (χ4n) is 2.96. The highest BCUT2D eigenvalue weighted by atomic mass is 79.9. The van der Waals surface area contributed by atoms with E-state index in [1.54, 1.807) is 0 Å². The first kappa shape index (κ1) is 22.8. The molecule has 2 rings (SSSR count). The van der Waals surface area contributed by atoms with Gasteiger partial charge in [0.25, 0.3) is 0 Å². The number of halogens is 1. The molecule has 26 heavy (non-hydrogen) atoms. The highest BCUT2D eigenvalue weighted by molar-refractivity contribution is 7.88. The summed E-state index contributed by atoms with van der Waals surface area (Å²) in [6, 6.07) is 20.5. The van der Waals surface area contributed by atoms with Crippen molar-refractivity contribution in [3.63, 3.8) is 0 Å². The van der Waals surface area contributed by atoms with E-state index in [0.29, 0.717) is 18.9 Å². The Morgan fingerprint density at radius 3 is 1.88 bits per heavy atom. The molecule has 2 N–H and O–H groups in total. The molecular formula is C21H29BrNO2P. The molecule has 0 unspecified atom stereocenters. The maximum atomic E-state index is 12.1. The lowest BCUT2D eigenvalue weighted by Crippen LogP contribution is -3.00. The topological polar surface area (TPSA) is 52.3 Å². The Kier molecular flexibility index (Phi) is 9.49. The highest BCUT2D eigenvalue weighted by Crippen LogP contribution is 2.52. The van der Waals surface area contributed by atoms with Crippen LogP contribution in [0.4, 0.5) is 0 Å². The lowest BCUT2D eigenvalue weighted by Gasteiger charge is -2.23. The Labute approximate surface area is 168 Å². The number of rotatable bonds is 8. The normalized spacial score (nSPS) is 12.3. The SMILES string of the molecule is CC(C)C[C@H](N)C(=O)OCC[P+](C)(c1ccccc1)c1ccccc1.[Br-]. The Hall–Kier alpha value is -1.22. The summed E-state index contributed by atoms with van der Waals surface area (Å²) in [5.41, 5.74) is 5.92. The molecule has 1 atom stereocenters. The molecule has 0 amide bonds. The number of hydrogen-bond acceptors (Lipinski definition) is 3. The molecule has 0 aliphatic carbocycles. The summed E-state index contributed by atoms with van der Waals surface area (Å²) in [4.78, 5) is 12.1. The zero-order chi connectivity index (χ0) is 18.3. The molecular weight excluding hydrogens is 409 g/mol. The van der Waals surface area contributed by atoms with Gasteiger partial charge in [0.05, 0.1) is 24.5 Å². The molecule has 5 heteroatoms. The molecule has 0 bridgehead atoms. The molecule has 0 radical (unpaired) electrons. The molecule has 2 aromatic carbocycles. The van der Waals surface area contributed by atoms with E-state index in [1.165, 1.54) is 10.6 Å². The van der Waals surface area contributed by atoms with E-state index in [1.807, 2.05) is 12.1 Å². The molecule has 0 aliphatic rings. The fraction of sp³-hybridized carbons (Fsp3) is 0.381. The van der Waals surface area contributed by atoms with E-state index in [2.05, 4.69) is 69.0 Å². The third-order valence-corrected chi connectivity index (χ3v) is 8.42. The standard InChI is InChI=1S/C21H29NO2P.BrH/c1-17(2)16-20(22)21(23)24-14-15-25(3,18-10-6-4-7-11-18)19-12-8-5-9-13-19;/h4-13,17,20H,14-16,22H2,1-3H3;1H/q+1;/p-1/t20-;/m0./s1. The maximum absolute atomic E-state index is 12.1. The van der Waals surface area contributed by atoms with Crippen LogP contribution in [0.2, 0.25) is 0 Å². The largest absolute Gasteiger partial charge is 1.00 e. The second kappa shape index (κ2) is 10.8. The van der Waals surface area contributed by atoms with E-state index in [9.17, 15) is 4.79 Å². The predicted octanol–water partition coefficient (Wildman–Crippen LogP) is 0.205. The molecule has 3 nitrogen and oxygen atoms in total. The molecule has 0 spiro atoms. The number of hydrogen-bond donors (Lipinski definition) is 1. The summed E-state index contributed by atoms with van der Waals surface area (Å²) in [6.45, 7) is 6.82. The molecule has 0 heterocycles. The van der Waals surface area contributed by atoms with Crippen LogP contribution in [0, 0.1) is 5.92 Å². The van der Waals surface area contributed by atoms with Gasteiger partial charge in [-0.25, -0.2) is 0 Å². The minimum absolute atomic E-state index is 0. The molecule has 0 aromatic heterocycles. The van der Waals surface area contributed by atoms with Gasteiger partial charge in [-0.15, -0.1) is 0 Å². The van der Waals surface area contributed by atoms with Crippen molar-refractivity contribution in [2.24, 2.45) is 11.7 Å². The smallest absolute Gasteiger partial charge is 0.323 e.